The minimum atomic E-state index is -0.498. The van der Waals surface area contributed by atoms with E-state index in [2.05, 4.69) is 5.32 Å². The van der Waals surface area contributed by atoms with Crippen LogP contribution in [0.25, 0.3) is 0 Å². The molecule has 0 bridgehead atoms. The molecule has 0 unspecified atom stereocenters. The minimum absolute atomic E-state index is 0.128. The van der Waals surface area contributed by atoms with E-state index in [4.69, 9.17) is 9.47 Å². The van der Waals surface area contributed by atoms with Crippen LogP contribution in [0.15, 0.2) is 42.5 Å². The van der Waals surface area contributed by atoms with Gasteiger partial charge in [0.2, 0.25) is 0 Å². The number of rotatable bonds is 2. The van der Waals surface area contributed by atoms with Gasteiger partial charge >= 0.3 is 12.0 Å². The molecule has 6 nitrogen and oxygen atoms in total. The predicted octanol–water partition coefficient (Wildman–Crippen LogP) is 3.60. The van der Waals surface area contributed by atoms with Crippen LogP contribution in [-0.4, -0.2) is 31.8 Å². The van der Waals surface area contributed by atoms with Gasteiger partial charge in [-0.05, 0) is 43.7 Å². The van der Waals surface area contributed by atoms with Gasteiger partial charge in [-0.15, -0.1) is 0 Å². The highest BCUT2D eigenvalue weighted by Gasteiger charge is 2.28. The van der Waals surface area contributed by atoms with Crippen molar-refractivity contribution in [3.8, 4) is 5.75 Å². The minimum Gasteiger partial charge on any atom is -0.487 e. The maximum atomic E-state index is 12.9. The molecule has 0 fully saturated rings. The molecule has 1 heterocycles. The number of nitrogens with zero attached hydrogens (tertiary/aromatic N) is 1. The van der Waals surface area contributed by atoms with Crippen molar-refractivity contribution in [1.82, 2.24) is 0 Å². The number of benzene rings is 2. The quantitative estimate of drug-likeness (QED) is 0.848. The first-order chi connectivity index (χ1) is 12.0. The fourth-order valence-electron chi connectivity index (χ4n) is 2.80. The number of ether oxygens (including phenoxy) is 2. The molecule has 6 heteroatoms. The van der Waals surface area contributed by atoms with Crippen LogP contribution in [0.4, 0.5) is 16.2 Å². The lowest BCUT2D eigenvalue weighted by molar-refractivity contribution is 0.0602. The summed E-state index contributed by atoms with van der Waals surface area (Å²) in [5, 5.41) is 2.81. The monoisotopic (exact) mass is 340 g/mol. The van der Waals surface area contributed by atoms with E-state index in [9.17, 15) is 9.59 Å². The summed E-state index contributed by atoms with van der Waals surface area (Å²) in [4.78, 5) is 26.4. The molecule has 0 radical (unpaired) electrons. The van der Waals surface area contributed by atoms with Crippen molar-refractivity contribution in [2.24, 2.45) is 0 Å². The summed E-state index contributed by atoms with van der Waals surface area (Å²) in [7, 11) is 1.31. The number of methoxy groups -OCH3 is 1. The molecule has 130 valence electrons. The third kappa shape index (κ3) is 3.42. The molecule has 2 amide bonds. The first-order valence-electron chi connectivity index (χ1n) is 8.02. The van der Waals surface area contributed by atoms with Gasteiger partial charge in [0.05, 0.1) is 30.6 Å². The van der Waals surface area contributed by atoms with E-state index in [0.29, 0.717) is 29.2 Å². The van der Waals surface area contributed by atoms with E-state index in [-0.39, 0.29) is 12.1 Å². The number of hydrogen-bond donors (Lipinski definition) is 1. The number of esters is 1. The summed E-state index contributed by atoms with van der Waals surface area (Å²) in [6, 6.07) is 12.2. The Morgan fingerprint density at radius 1 is 1.24 bits per heavy atom. The topological polar surface area (TPSA) is 67.9 Å². The van der Waals surface area contributed by atoms with Crippen LogP contribution in [-0.2, 0) is 4.74 Å². The third-order valence-corrected chi connectivity index (χ3v) is 3.99. The Balaban J connectivity index is 1.90. The maximum Gasteiger partial charge on any atom is 0.339 e. The van der Waals surface area contributed by atoms with Gasteiger partial charge in [0.1, 0.15) is 11.9 Å². The molecule has 0 aliphatic carbocycles. The lowest BCUT2D eigenvalue weighted by atomic mass is 10.1. The van der Waals surface area contributed by atoms with Crippen molar-refractivity contribution >= 4 is 23.4 Å². The molecule has 0 saturated heterocycles. The van der Waals surface area contributed by atoms with Gasteiger partial charge in [0.25, 0.3) is 0 Å². The van der Waals surface area contributed by atoms with Crippen molar-refractivity contribution in [3.63, 3.8) is 0 Å². The fraction of sp³-hybridized carbons (Fsp3) is 0.263. The van der Waals surface area contributed by atoms with Gasteiger partial charge in [0, 0.05) is 0 Å². The van der Waals surface area contributed by atoms with Gasteiger partial charge in [-0.1, -0.05) is 18.2 Å². The number of fused-ring (bicyclic) bond motifs is 1. The van der Waals surface area contributed by atoms with Crippen LogP contribution in [0.2, 0.25) is 0 Å². The molecule has 0 aromatic heterocycles. The summed E-state index contributed by atoms with van der Waals surface area (Å²) in [6.07, 6.45) is -0.128. The molecule has 2 aromatic rings. The molecular formula is C19H20N2O4. The van der Waals surface area contributed by atoms with Crippen LogP contribution >= 0.6 is 0 Å². The SMILES string of the molecule is COC(=O)c1ccccc1NC(=O)N1C[C@@H](C)Oc2ccc(C)cc21. The summed E-state index contributed by atoms with van der Waals surface area (Å²) < 4.78 is 10.6. The number of amides is 2. The van der Waals surface area contributed by atoms with E-state index >= 15 is 0 Å². The molecule has 0 spiro atoms. The van der Waals surface area contributed by atoms with Gasteiger partial charge < -0.3 is 14.8 Å². The second-order valence-corrected chi connectivity index (χ2v) is 5.98. The number of carbonyl (C=O) groups is 2. The number of carbonyl (C=O) groups excluding carboxylic acids is 2. The highest BCUT2D eigenvalue weighted by molar-refractivity contribution is 6.07. The van der Waals surface area contributed by atoms with Crippen molar-refractivity contribution < 1.29 is 19.1 Å². The first kappa shape index (κ1) is 16.8. The van der Waals surface area contributed by atoms with Crippen LogP contribution in [0, 0.1) is 6.92 Å². The second kappa shape index (κ2) is 6.84. The normalized spacial score (nSPS) is 15.8. The van der Waals surface area contributed by atoms with Crippen molar-refractivity contribution in [2.45, 2.75) is 20.0 Å². The van der Waals surface area contributed by atoms with E-state index < -0.39 is 5.97 Å². The highest BCUT2D eigenvalue weighted by Crippen LogP contribution is 2.34. The molecule has 3 rings (SSSR count). The standard InChI is InChI=1S/C19H20N2O4/c1-12-8-9-17-16(10-12)21(11-13(2)25-17)19(23)20-15-7-5-4-6-14(15)18(22)24-3/h4-10,13H,11H2,1-3H3,(H,20,23)/t13-/m1/s1. The van der Waals surface area contributed by atoms with E-state index in [0.717, 1.165) is 5.56 Å². The Labute approximate surface area is 146 Å². The fourth-order valence-corrected chi connectivity index (χ4v) is 2.80. The average molecular weight is 340 g/mol. The Kier molecular flexibility index (Phi) is 4.61. The Hall–Kier alpha value is -3.02. The van der Waals surface area contributed by atoms with Gasteiger partial charge in [-0.2, -0.15) is 0 Å². The summed E-state index contributed by atoms with van der Waals surface area (Å²) in [6.45, 7) is 4.29. The smallest absolute Gasteiger partial charge is 0.339 e. The van der Waals surface area contributed by atoms with Crippen molar-refractivity contribution in [3.05, 3.63) is 53.6 Å². The lowest BCUT2D eigenvalue weighted by Crippen LogP contribution is -2.44. The predicted molar refractivity (Wildman–Crippen MR) is 95.4 cm³/mol. The molecule has 1 aliphatic rings. The van der Waals surface area contributed by atoms with E-state index in [1.807, 2.05) is 32.0 Å². The highest BCUT2D eigenvalue weighted by atomic mass is 16.5. The van der Waals surface area contributed by atoms with E-state index in [1.165, 1.54) is 7.11 Å². The third-order valence-electron chi connectivity index (χ3n) is 3.99. The summed E-state index contributed by atoms with van der Waals surface area (Å²) in [5.41, 5.74) is 2.47. The Bertz CT molecular complexity index is 819. The zero-order chi connectivity index (χ0) is 18.0. The number of nitrogens with one attached hydrogen (secondary N) is 1. The lowest BCUT2D eigenvalue weighted by Gasteiger charge is -2.33. The van der Waals surface area contributed by atoms with Crippen molar-refractivity contribution in [2.75, 3.05) is 23.9 Å². The zero-order valence-electron chi connectivity index (χ0n) is 14.4. The van der Waals surface area contributed by atoms with Gasteiger partial charge in [0.15, 0.2) is 0 Å². The number of hydrogen-bond acceptors (Lipinski definition) is 4. The second-order valence-electron chi connectivity index (χ2n) is 5.98. The first-order valence-corrected chi connectivity index (χ1v) is 8.02. The van der Waals surface area contributed by atoms with E-state index in [1.54, 1.807) is 29.2 Å². The summed E-state index contributed by atoms with van der Waals surface area (Å²) >= 11 is 0. The Morgan fingerprint density at radius 2 is 2.00 bits per heavy atom. The average Bonchev–Trinajstić information content (AvgIpc) is 2.61. The number of para-hydroxylation sites is 1. The van der Waals surface area contributed by atoms with Gasteiger partial charge in [-0.3, -0.25) is 4.90 Å². The number of anilines is 2. The van der Waals surface area contributed by atoms with Crippen LogP contribution in [0.5, 0.6) is 5.75 Å². The van der Waals surface area contributed by atoms with Crippen molar-refractivity contribution in [1.29, 1.82) is 0 Å². The van der Waals surface area contributed by atoms with Crippen LogP contribution < -0.4 is 15.0 Å². The van der Waals surface area contributed by atoms with Gasteiger partial charge in [-0.25, -0.2) is 9.59 Å². The molecule has 2 aromatic carbocycles. The van der Waals surface area contributed by atoms with Crippen LogP contribution in [0.3, 0.4) is 0 Å². The van der Waals surface area contributed by atoms with Crippen LogP contribution in [0.1, 0.15) is 22.8 Å². The molecule has 1 aliphatic heterocycles. The molecule has 0 saturated carbocycles. The molecular weight excluding hydrogens is 320 g/mol. The summed E-state index contributed by atoms with van der Waals surface area (Å²) in [5.74, 6) is 0.170. The largest absolute Gasteiger partial charge is 0.487 e. The molecule has 1 atom stereocenters. The zero-order valence-corrected chi connectivity index (χ0v) is 14.4. The Morgan fingerprint density at radius 3 is 2.76 bits per heavy atom. The maximum absolute atomic E-state index is 12.9. The number of aryl methyl sites for hydroxylation is 1. The number of urea groups is 1. The molecule has 25 heavy (non-hydrogen) atoms. The molecule has 1 N–H and O–H groups in total.